The van der Waals surface area contributed by atoms with E-state index in [1.54, 1.807) is 6.92 Å². The summed E-state index contributed by atoms with van der Waals surface area (Å²) < 4.78 is 0. The molecule has 1 heterocycles. The topological polar surface area (TPSA) is 42.0 Å². The van der Waals surface area contributed by atoms with Crippen LogP contribution >= 0.6 is 0 Å². The lowest BCUT2D eigenvalue weighted by molar-refractivity contribution is 0.101. The number of carbonyl (C=O) groups excluding carboxylic acids is 1. The van der Waals surface area contributed by atoms with Gasteiger partial charge in [0.2, 0.25) is 0 Å². The zero-order valence-electron chi connectivity index (χ0n) is 13.3. The van der Waals surface area contributed by atoms with E-state index in [-0.39, 0.29) is 5.78 Å². The predicted molar refractivity (Wildman–Crippen MR) is 99.0 cm³/mol. The summed E-state index contributed by atoms with van der Waals surface area (Å²) in [5, 5.41) is 5.61. The highest BCUT2D eigenvalue weighted by Gasteiger charge is 2.09. The summed E-state index contributed by atoms with van der Waals surface area (Å²) in [7, 11) is 0. The number of aromatic nitrogens is 1. The number of benzene rings is 3. The minimum Gasteiger partial charge on any atom is -0.354 e. The highest BCUT2D eigenvalue weighted by atomic mass is 16.1. The van der Waals surface area contributed by atoms with Crippen LogP contribution in [0.3, 0.4) is 0 Å². The Morgan fingerprint density at radius 3 is 2.08 bits per heavy atom. The van der Waals surface area contributed by atoms with Gasteiger partial charge in [-0.15, -0.1) is 0 Å². The highest BCUT2D eigenvalue weighted by molar-refractivity contribution is 6.08. The average Bonchev–Trinajstić information content (AvgIpc) is 2.62. The number of nitrogens with one attached hydrogen (secondary N) is 1. The first-order valence-electron chi connectivity index (χ1n) is 7.88. The molecular weight excluding hydrogens is 296 g/mol. The summed E-state index contributed by atoms with van der Waals surface area (Å²) in [5.41, 5.74) is 4.49. The fourth-order valence-electron chi connectivity index (χ4n) is 2.93. The monoisotopic (exact) mass is 312 g/mol. The zero-order chi connectivity index (χ0) is 16.5. The molecule has 1 N–H and O–H groups in total. The van der Waals surface area contributed by atoms with Gasteiger partial charge in [0.25, 0.3) is 0 Å². The number of fused-ring (bicyclic) bond motifs is 2. The Hall–Kier alpha value is -3.20. The fraction of sp³-hybridized carbons (Fsp3) is 0.0476. The molecule has 0 bridgehead atoms. The van der Waals surface area contributed by atoms with Crippen LogP contribution in [0.25, 0.3) is 21.8 Å². The molecule has 0 amide bonds. The molecule has 0 atom stereocenters. The van der Waals surface area contributed by atoms with Crippen molar-refractivity contribution in [2.24, 2.45) is 0 Å². The molecule has 3 heteroatoms. The van der Waals surface area contributed by atoms with Crippen LogP contribution in [0.15, 0.2) is 72.8 Å². The van der Waals surface area contributed by atoms with Gasteiger partial charge in [-0.1, -0.05) is 48.5 Å². The normalized spacial score (nSPS) is 10.9. The van der Waals surface area contributed by atoms with Gasteiger partial charge in [-0.2, -0.15) is 0 Å². The van der Waals surface area contributed by atoms with Gasteiger partial charge in [0, 0.05) is 22.0 Å². The second kappa shape index (κ2) is 5.78. The van der Waals surface area contributed by atoms with Crippen LogP contribution in [0.2, 0.25) is 0 Å². The Bertz CT molecular complexity index is 1020. The molecule has 4 rings (SSSR count). The van der Waals surface area contributed by atoms with E-state index in [0.29, 0.717) is 5.56 Å². The minimum absolute atomic E-state index is 0.0584. The first kappa shape index (κ1) is 14.4. The van der Waals surface area contributed by atoms with Gasteiger partial charge < -0.3 is 5.32 Å². The Morgan fingerprint density at radius 2 is 1.46 bits per heavy atom. The van der Waals surface area contributed by atoms with Crippen LogP contribution in [-0.2, 0) is 0 Å². The highest BCUT2D eigenvalue weighted by Crippen LogP contribution is 2.33. The summed E-state index contributed by atoms with van der Waals surface area (Å²) in [5.74, 6) is 0.0584. The molecule has 0 spiro atoms. The molecule has 0 saturated heterocycles. The molecule has 0 aliphatic heterocycles. The number of hydrogen-bond donors (Lipinski definition) is 1. The maximum Gasteiger partial charge on any atom is 0.159 e. The quantitative estimate of drug-likeness (QED) is 0.410. The van der Waals surface area contributed by atoms with E-state index >= 15 is 0 Å². The summed E-state index contributed by atoms with van der Waals surface area (Å²) in [6, 6.07) is 23.7. The number of pyridine rings is 1. The summed E-state index contributed by atoms with van der Waals surface area (Å²) in [4.78, 5) is 16.4. The molecule has 0 fully saturated rings. The van der Waals surface area contributed by atoms with E-state index in [9.17, 15) is 4.79 Å². The van der Waals surface area contributed by atoms with Crippen molar-refractivity contribution < 1.29 is 4.79 Å². The van der Waals surface area contributed by atoms with Crippen molar-refractivity contribution in [2.45, 2.75) is 6.92 Å². The van der Waals surface area contributed by atoms with E-state index < -0.39 is 0 Å². The van der Waals surface area contributed by atoms with Gasteiger partial charge in [0.15, 0.2) is 5.78 Å². The van der Waals surface area contributed by atoms with Crippen molar-refractivity contribution in [3.05, 3.63) is 78.4 Å². The number of rotatable bonds is 3. The van der Waals surface area contributed by atoms with Crippen LogP contribution in [0.5, 0.6) is 0 Å². The third-order valence-corrected chi connectivity index (χ3v) is 4.13. The number of carbonyl (C=O) groups is 1. The van der Waals surface area contributed by atoms with Crippen molar-refractivity contribution in [3.8, 4) is 0 Å². The Balaban J connectivity index is 1.94. The summed E-state index contributed by atoms with van der Waals surface area (Å²) in [6.07, 6.45) is 0. The van der Waals surface area contributed by atoms with Crippen LogP contribution in [0, 0.1) is 0 Å². The van der Waals surface area contributed by atoms with Gasteiger partial charge in [0.1, 0.15) is 0 Å². The third kappa shape index (κ3) is 2.50. The SMILES string of the molecule is CC(=O)c1cccc(Nc2c3ccccc3nc3ccccc23)c1. The van der Waals surface area contributed by atoms with Crippen molar-refractivity contribution in [2.75, 3.05) is 5.32 Å². The lowest BCUT2D eigenvalue weighted by Gasteiger charge is -2.13. The smallest absolute Gasteiger partial charge is 0.159 e. The lowest BCUT2D eigenvalue weighted by atomic mass is 10.1. The van der Waals surface area contributed by atoms with E-state index in [2.05, 4.69) is 17.4 Å². The van der Waals surface area contributed by atoms with Crippen molar-refractivity contribution >= 4 is 39.0 Å². The van der Waals surface area contributed by atoms with Gasteiger partial charge in [0.05, 0.1) is 16.7 Å². The van der Waals surface area contributed by atoms with Crippen LogP contribution in [-0.4, -0.2) is 10.8 Å². The molecule has 4 aromatic rings. The van der Waals surface area contributed by atoms with Crippen molar-refractivity contribution in [3.63, 3.8) is 0 Å². The molecule has 0 aliphatic rings. The van der Waals surface area contributed by atoms with Crippen LogP contribution < -0.4 is 5.32 Å². The van der Waals surface area contributed by atoms with Crippen molar-refractivity contribution in [1.82, 2.24) is 4.98 Å². The number of anilines is 2. The molecule has 0 aliphatic carbocycles. The van der Waals surface area contributed by atoms with Crippen LogP contribution in [0.4, 0.5) is 11.4 Å². The maximum absolute atomic E-state index is 11.6. The standard InChI is InChI=1S/C21H16N2O/c1-14(24)15-7-6-8-16(13-15)22-21-17-9-2-4-11-19(17)23-20-12-5-3-10-18(20)21/h2-13H,1H3,(H,22,23). The molecule has 0 radical (unpaired) electrons. The van der Waals surface area contributed by atoms with Gasteiger partial charge >= 0.3 is 0 Å². The van der Waals surface area contributed by atoms with Gasteiger partial charge in [-0.25, -0.2) is 4.98 Å². The van der Waals surface area contributed by atoms with Gasteiger partial charge in [-0.3, -0.25) is 4.79 Å². The predicted octanol–water partition coefficient (Wildman–Crippen LogP) is 5.33. The Kier molecular flexibility index (Phi) is 3.47. The van der Waals surface area contributed by atoms with Gasteiger partial charge in [-0.05, 0) is 31.2 Å². The molecule has 0 saturated carbocycles. The first-order chi connectivity index (χ1) is 11.7. The zero-order valence-corrected chi connectivity index (χ0v) is 13.3. The number of para-hydroxylation sites is 2. The third-order valence-electron chi connectivity index (χ3n) is 4.13. The average molecular weight is 312 g/mol. The second-order valence-corrected chi connectivity index (χ2v) is 5.78. The maximum atomic E-state index is 11.6. The number of Topliss-reactive ketones (excluding diaryl/α,β-unsaturated/α-hetero) is 1. The Morgan fingerprint density at radius 1 is 0.833 bits per heavy atom. The summed E-state index contributed by atoms with van der Waals surface area (Å²) >= 11 is 0. The summed E-state index contributed by atoms with van der Waals surface area (Å²) in [6.45, 7) is 1.58. The second-order valence-electron chi connectivity index (χ2n) is 5.78. The molecule has 3 nitrogen and oxygen atoms in total. The number of hydrogen-bond acceptors (Lipinski definition) is 3. The molecule has 24 heavy (non-hydrogen) atoms. The number of nitrogens with zero attached hydrogens (tertiary/aromatic N) is 1. The van der Waals surface area contributed by atoms with Crippen LogP contribution in [0.1, 0.15) is 17.3 Å². The Labute approximate surface area is 140 Å². The number of ketones is 1. The fourth-order valence-corrected chi connectivity index (χ4v) is 2.93. The van der Waals surface area contributed by atoms with E-state index in [1.165, 1.54) is 0 Å². The minimum atomic E-state index is 0.0584. The lowest BCUT2D eigenvalue weighted by Crippen LogP contribution is -1.97. The van der Waals surface area contributed by atoms with Crippen molar-refractivity contribution in [1.29, 1.82) is 0 Å². The molecular formula is C21H16N2O. The molecule has 3 aromatic carbocycles. The molecule has 116 valence electrons. The van der Waals surface area contributed by atoms with E-state index in [0.717, 1.165) is 33.2 Å². The largest absolute Gasteiger partial charge is 0.354 e. The molecule has 0 unspecified atom stereocenters. The van der Waals surface area contributed by atoms with E-state index in [1.807, 2.05) is 60.7 Å². The van der Waals surface area contributed by atoms with E-state index in [4.69, 9.17) is 4.98 Å². The first-order valence-corrected chi connectivity index (χ1v) is 7.88. The molecule has 1 aromatic heterocycles.